The number of nitrogens with two attached hydrogens (primary N) is 1. The Morgan fingerprint density at radius 2 is 1.92 bits per heavy atom. The predicted molar refractivity (Wildman–Crippen MR) is 102 cm³/mol. The maximum absolute atomic E-state index is 13.0. The van der Waals surface area contributed by atoms with Crippen molar-refractivity contribution < 1.29 is 4.79 Å². The Hall–Kier alpha value is -1.85. The zero-order valence-electron chi connectivity index (χ0n) is 14.9. The highest BCUT2D eigenvalue weighted by Gasteiger charge is 2.38. The number of aromatic nitrogens is 2. The van der Waals surface area contributed by atoms with Crippen molar-refractivity contribution in [1.29, 1.82) is 0 Å². The van der Waals surface area contributed by atoms with Gasteiger partial charge in [-0.2, -0.15) is 5.10 Å². The molecule has 2 aromatic rings. The standard InChI is InChI=1S/C19H26N4O.ClH/c1-3-19(4-2,14-20)18(24)22-11-10-17-15(13-22)12-21-23(17)16-8-6-5-7-9-16;/h5-9,12H,3-4,10-11,13-14,20H2,1-2H3;1H. The molecule has 1 aliphatic heterocycles. The van der Waals surface area contributed by atoms with Gasteiger partial charge in [0, 0.05) is 31.6 Å². The Morgan fingerprint density at radius 1 is 1.24 bits per heavy atom. The van der Waals surface area contributed by atoms with E-state index in [0.717, 1.165) is 37.1 Å². The summed E-state index contributed by atoms with van der Waals surface area (Å²) in [4.78, 5) is 15.0. The van der Waals surface area contributed by atoms with Crippen molar-refractivity contribution >= 4 is 18.3 Å². The van der Waals surface area contributed by atoms with E-state index >= 15 is 0 Å². The number of nitrogens with zero attached hydrogens (tertiary/aromatic N) is 3. The molecule has 6 heteroatoms. The lowest BCUT2D eigenvalue weighted by Crippen LogP contribution is -2.49. The van der Waals surface area contributed by atoms with Crippen LogP contribution in [-0.4, -0.2) is 33.7 Å². The smallest absolute Gasteiger partial charge is 0.230 e. The van der Waals surface area contributed by atoms with Crippen LogP contribution in [0.5, 0.6) is 0 Å². The van der Waals surface area contributed by atoms with E-state index in [1.54, 1.807) is 0 Å². The minimum absolute atomic E-state index is 0. The Labute approximate surface area is 155 Å². The summed E-state index contributed by atoms with van der Waals surface area (Å²) in [6.07, 6.45) is 4.28. The predicted octanol–water partition coefficient (Wildman–Crippen LogP) is 2.94. The number of hydrogen-bond acceptors (Lipinski definition) is 3. The van der Waals surface area contributed by atoms with Gasteiger partial charge in [-0.3, -0.25) is 4.79 Å². The highest BCUT2D eigenvalue weighted by molar-refractivity contribution is 5.85. The second kappa shape index (κ2) is 8.02. The van der Waals surface area contributed by atoms with Crippen molar-refractivity contribution in [2.24, 2.45) is 11.1 Å². The number of halogens is 1. The van der Waals surface area contributed by atoms with Crippen LogP contribution < -0.4 is 5.73 Å². The number of hydrogen-bond donors (Lipinski definition) is 1. The molecular formula is C19H27ClN4O. The van der Waals surface area contributed by atoms with E-state index in [-0.39, 0.29) is 18.3 Å². The van der Waals surface area contributed by atoms with Gasteiger partial charge >= 0.3 is 0 Å². The van der Waals surface area contributed by atoms with Crippen LogP contribution in [0.3, 0.4) is 0 Å². The first-order chi connectivity index (χ1) is 11.6. The summed E-state index contributed by atoms with van der Waals surface area (Å²) in [6, 6.07) is 10.1. The molecular weight excluding hydrogens is 336 g/mol. The third-order valence-corrected chi connectivity index (χ3v) is 5.42. The largest absolute Gasteiger partial charge is 0.337 e. The van der Waals surface area contributed by atoms with Gasteiger partial charge in [-0.05, 0) is 25.0 Å². The van der Waals surface area contributed by atoms with E-state index in [1.165, 1.54) is 5.69 Å². The SMILES string of the molecule is CCC(CC)(CN)C(=O)N1CCc2c(cnn2-c2ccccc2)C1.Cl. The Kier molecular flexibility index (Phi) is 6.25. The molecule has 3 rings (SSSR count). The van der Waals surface area contributed by atoms with Crippen molar-refractivity contribution in [3.05, 3.63) is 47.8 Å². The maximum Gasteiger partial charge on any atom is 0.230 e. The van der Waals surface area contributed by atoms with Crippen LogP contribution in [0.25, 0.3) is 5.69 Å². The van der Waals surface area contributed by atoms with E-state index in [1.807, 2.05) is 34.0 Å². The van der Waals surface area contributed by atoms with Gasteiger partial charge in [-0.1, -0.05) is 32.0 Å². The van der Waals surface area contributed by atoms with Crippen LogP contribution >= 0.6 is 12.4 Å². The van der Waals surface area contributed by atoms with Crippen LogP contribution in [0, 0.1) is 5.41 Å². The van der Waals surface area contributed by atoms with Crippen LogP contribution in [0.15, 0.2) is 36.5 Å². The molecule has 2 heterocycles. The summed E-state index contributed by atoms with van der Waals surface area (Å²) in [5, 5.41) is 4.54. The molecule has 0 fully saturated rings. The molecule has 0 unspecified atom stereocenters. The summed E-state index contributed by atoms with van der Waals surface area (Å²) in [6.45, 7) is 5.87. The first-order valence-electron chi connectivity index (χ1n) is 8.76. The van der Waals surface area contributed by atoms with Gasteiger partial charge in [0.15, 0.2) is 0 Å². The molecule has 0 bridgehead atoms. The van der Waals surface area contributed by atoms with Crippen LogP contribution in [0.4, 0.5) is 0 Å². The fourth-order valence-electron chi connectivity index (χ4n) is 3.56. The molecule has 5 nitrogen and oxygen atoms in total. The van der Waals surface area contributed by atoms with Crippen LogP contribution in [0.2, 0.25) is 0 Å². The number of para-hydroxylation sites is 1. The molecule has 0 saturated heterocycles. The number of rotatable bonds is 5. The van der Waals surface area contributed by atoms with Crippen molar-refractivity contribution in [2.75, 3.05) is 13.1 Å². The molecule has 2 N–H and O–H groups in total. The lowest BCUT2D eigenvalue weighted by atomic mass is 9.80. The summed E-state index contributed by atoms with van der Waals surface area (Å²) >= 11 is 0. The summed E-state index contributed by atoms with van der Waals surface area (Å²) in [5.41, 5.74) is 8.93. The molecule has 0 spiro atoms. The number of fused-ring (bicyclic) bond motifs is 1. The summed E-state index contributed by atoms with van der Waals surface area (Å²) in [7, 11) is 0. The average molecular weight is 363 g/mol. The molecule has 1 aromatic carbocycles. The topological polar surface area (TPSA) is 64.2 Å². The molecule has 0 atom stereocenters. The van der Waals surface area contributed by atoms with Crippen molar-refractivity contribution in [2.45, 2.75) is 39.7 Å². The van der Waals surface area contributed by atoms with Crippen LogP contribution in [-0.2, 0) is 17.8 Å². The van der Waals surface area contributed by atoms with Gasteiger partial charge in [0.25, 0.3) is 0 Å². The zero-order valence-corrected chi connectivity index (χ0v) is 15.8. The van der Waals surface area contributed by atoms with Gasteiger partial charge in [-0.25, -0.2) is 4.68 Å². The number of carbonyl (C=O) groups excluding carboxylic acids is 1. The first-order valence-corrected chi connectivity index (χ1v) is 8.76. The Morgan fingerprint density at radius 3 is 2.52 bits per heavy atom. The van der Waals surface area contributed by atoms with Crippen molar-refractivity contribution in [3.63, 3.8) is 0 Å². The Balaban J connectivity index is 0.00000225. The maximum atomic E-state index is 13.0. The highest BCUT2D eigenvalue weighted by atomic mass is 35.5. The fraction of sp³-hybridized carbons (Fsp3) is 0.474. The van der Waals surface area contributed by atoms with Gasteiger partial charge in [-0.15, -0.1) is 12.4 Å². The van der Waals surface area contributed by atoms with Crippen molar-refractivity contribution in [3.8, 4) is 5.69 Å². The molecule has 25 heavy (non-hydrogen) atoms. The quantitative estimate of drug-likeness (QED) is 0.889. The number of amides is 1. The zero-order chi connectivity index (χ0) is 17.2. The van der Waals surface area contributed by atoms with Gasteiger partial charge in [0.1, 0.15) is 0 Å². The molecule has 1 amide bonds. The highest BCUT2D eigenvalue weighted by Crippen LogP contribution is 2.31. The summed E-state index contributed by atoms with van der Waals surface area (Å²) in [5.74, 6) is 0.188. The number of carbonyl (C=O) groups is 1. The second-order valence-electron chi connectivity index (χ2n) is 6.53. The summed E-state index contributed by atoms with van der Waals surface area (Å²) < 4.78 is 1.99. The van der Waals surface area contributed by atoms with E-state index in [4.69, 9.17) is 5.73 Å². The molecule has 0 saturated carbocycles. The van der Waals surface area contributed by atoms with E-state index < -0.39 is 5.41 Å². The van der Waals surface area contributed by atoms with Gasteiger partial charge in [0.05, 0.1) is 23.0 Å². The van der Waals surface area contributed by atoms with Crippen molar-refractivity contribution in [1.82, 2.24) is 14.7 Å². The molecule has 0 aliphatic carbocycles. The number of benzene rings is 1. The molecule has 1 aliphatic rings. The third-order valence-electron chi connectivity index (χ3n) is 5.42. The minimum atomic E-state index is -0.424. The van der Waals surface area contributed by atoms with E-state index in [2.05, 4.69) is 31.1 Å². The van der Waals surface area contributed by atoms with Gasteiger partial charge in [0.2, 0.25) is 5.91 Å². The third kappa shape index (κ3) is 3.44. The van der Waals surface area contributed by atoms with Gasteiger partial charge < -0.3 is 10.6 Å². The van der Waals surface area contributed by atoms with E-state index in [0.29, 0.717) is 13.1 Å². The van der Waals surface area contributed by atoms with Crippen LogP contribution in [0.1, 0.15) is 37.9 Å². The minimum Gasteiger partial charge on any atom is -0.337 e. The van der Waals surface area contributed by atoms with E-state index in [9.17, 15) is 4.79 Å². The second-order valence-corrected chi connectivity index (χ2v) is 6.53. The Bertz CT molecular complexity index is 701. The normalized spacial score (nSPS) is 14.0. The molecule has 0 radical (unpaired) electrons. The monoisotopic (exact) mass is 362 g/mol. The lowest BCUT2D eigenvalue weighted by Gasteiger charge is -2.37. The first kappa shape index (κ1) is 19.5. The average Bonchev–Trinajstić information content (AvgIpc) is 3.07. The molecule has 136 valence electrons. The lowest BCUT2D eigenvalue weighted by molar-refractivity contribution is -0.143. The fourth-order valence-corrected chi connectivity index (χ4v) is 3.56. The molecule has 1 aromatic heterocycles.